The number of fused-ring (bicyclic) bond motifs is 1. The van der Waals surface area contributed by atoms with Gasteiger partial charge >= 0.3 is 0 Å². The summed E-state index contributed by atoms with van der Waals surface area (Å²) in [7, 11) is 0. The third kappa shape index (κ3) is 1.69. The van der Waals surface area contributed by atoms with Crippen molar-refractivity contribution in [3.8, 4) is 0 Å². The molecule has 1 N–H and O–H groups in total. The summed E-state index contributed by atoms with van der Waals surface area (Å²) < 4.78 is 0. The molecule has 1 aromatic rings. The van der Waals surface area contributed by atoms with E-state index in [1.165, 1.54) is 19.4 Å². The summed E-state index contributed by atoms with van der Waals surface area (Å²) in [5.74, 6) is 1.88. The molecule has 2 saturated heterocycles. The highest BCUT2D eigenvalue weighted by Gasteiger charge is 2.34. The highest BCUT2D eigenvalue weighted by atomic mass is 15.2. The Morgan fingerprint density at radius 2 is 2.40 bits per heavy atom. The molecular formula is C11H16N4. The fourth-order valence-corrected chi connectivity index (χ4v) is 2.70. The molecule has 0 amide bonds. The topological polar surface area (TPSA) is 41.0 Å². The maximum atomic E-state index is 4.31. The summed E-state index contributed by atoms with van der Waals surface area (Å²) in [5, 5.41) is 3.60. The van der Waals surface area contributed by atoms with E-state index in [4.69, 9.17) is 0 Å². The third-order valence-corrected chi connectivity index (χ3v) is 3.49. The molecule has 0 aliphatic carbocycles. The zero-order chi connectivity index (χ0) is 10.1. The molecule has 2 atom stereocenters. The summed E-state index contributed by atoms with van der Waals surface area (Å²) in [4.78, 5) is 10.6. The molecule has 1 aromatic heterocycles. The number of nitrogens with zero attached hydrogens (tertiary/aromatic N) is 3. The van der Waals surface area contributed by atoms with E-state index in [9.17, 15) is 0 Å². The van der Waals surface area contributed by atoms with Gasteiger partial charge in [0.25, 0.3) is 0 Å². The van der Waals surface area contributed by atoms with Crippen molar-refractivity contribution in [2.24, 2.45) is 5.92 Å². The van der Waals surface area contributed by atoms with Gasteiger partial charge in [0.15, 0.2) is 0 Å². The van der Waals surface area contributed by atoms with Crippen LogP contribution < -0.4 is 10.2 Å². The summed E-state index contributed by atoms with van der Waals surface area (Å²) in [6.07, 6.45) is 6.13. The predicted octanol–water partition coefficient (Wildman–Crippen LogP) is 0.665. The number of rotatable bonds is 1. The fraction of sp³-hybridized carbons (Fsp3) is 0.636. The van der Waals surface area contributed by atoms with Crippen molar-refractivity contribution < 1.29 is 0 Å². The summed E-state index contributed by atoms with van der Waals surface area (Å²) in [5.41, 5.74) is 0. The number of aromatic nitrogens is 2. The molecule has 0 radical (unpaired) electrons. The van der Waals surface area contributed by atoms with Gasteiger partial charge in [-0.15, -0.1) is 0 Å². The molecular weight excluding hydrogens is 188 g/mol. The van der Waals surface area contributed by atoms with Gasteiger partial charge in [-0.25, -0.2) is 9.97 Å². The highest BCUT2D eigenvalue weighted by molar-refractivity contribution is 5.39. The molecule has 2 fully saturated rings. The Bertz CT molecular complexity index is 313. The zero-order valence-corrected chi connectivity index (χ0v) is 8.76. The maximum absolute atomic E-state index is 4.31. The monoisotopic (exact) mass is 204 g/mol. The van der Waals surface area contributed by atoms with Gasteiger partial charge in [-0.2, -0.15) is 0 Å². The van der Waals surface area contributed by atoms with Crippen LogP contribution >= 0.6 is 0 Å². The summed E-state index contributed by atoms with van der Waals surface area (Å²) >= 11 is 0. The molecule has 0 bridgehead atoms. The van der Waals surface area contributed by atoms with E-state index in [0.29, 0.717) is 6.04 Å². The lowest BCUT2D eigenvalue weighted by molar-refractivity contribution is 0.340. The Morgan fingerprint density at radius 3 is 3.20 bits per heavy atom. The van der Waals surface area contributed by atoms with Gasteiger partial charge in [0.1, 0.15) is 12.1 Å². The van der Waals surface area contributed by atoms with Crippen LogP contribution in [0, 0.1) is 5.92 Å². The van der Waals surface area contributed by atoms with Crippen molar-refractivity contribution in [3.05, 3.63) is 18.6 Å². The Labute approximate surface area is 89.7 Å². The fourth-order valence-electron chi connectivity index (χ4n) is 2.70. The van der Waals surface area contributed by atoms with Crippen LogP contribution in [0.1, 0.15) is 12.8 Å². The van der Waals surface area contributed by atoms with Crippen molar-refractivity contribution in [1.29, 1.82) is 0 Å². The van der Waals surface area contributed by atoms with Crippen LogP contribution in [0.3, 0.4) is 0 Å². The van der Waals surface area contributed by atoms with E-state index in [2.05, 4.69) is 20.2 Å². The lowest BCUT2D eigenvalue weighted by atomic mass is 9.94. The van der Waals surface area contributed by atoms with Crippen LogP contribution in [-0.2, 0) is 0 Å². The van der Waals surface area contributed by atoms with Gasteiger partial charge in [-0.3, -0.25) is 0 Å². The van der Waals surface area contributed by atoms with Crippen molar-refractivity contribution in [3.63, 3.8) is 0 Å². The Kier molecular flexibility index (Phi) is 2.29. The number of nitrogens with one attached hydrogen (secondary N) is 1. The minimum Gasteiger partial charge on any atom is -0.355 e. The van der Waals surface area contributed by atoms with Crippen LogP contribution in [0.25, 0.3) is 0 Å². The number of hydrogen-bond donors (Lipinski definition) is 1. The van der Waals surface area contributed by atoms with Crippen LogP contribution in [0.5, 0.6) is 0 Å². The molecule has 80 valence electrons. The molecule has 0 spiro atoms. The van der Waals surface area contributed by atoms with Crippen LogP contribution in [0.4, 0.5) is 5.82 Å². The first kappa shape index (κ1) is 9.09. The van der Waals surface area contributed by atoms with Crippen LogP contribution in [0.2, 0.25) is 0 Å². The minimum atomic E-state index is 0.675. The standard InChI is InChI=1S/C11H16N4/c1-2-9-6-15(7-10(9)13-4-1)11-3-5-12-8-14-11/h3,5,8-10,13H,1-2,4,6-7H2. The second-order valence-corrected chi connectivity index (χ2v) is 4.44. The first-order valence-corrected chi connectivity index (χ1v) is 5.68. The van der Waals surface area contributed by atoms with Crippen molar-refractivity contribution >= 4 is 5.82 Å². The van der Waals surface area contributed by atoms with Gasteiger partial charge in [-0.1, -0.05) is 0 Å². The van der Waals surface area contributed by atoms with Crippen molar-refractivity contribution in [1.82, 2.24) is 15.3 Å². The molecule has 2 aliphatic heterocycles. The molecule has 4 nitrogen and oxygen atoms in total. The molecule has 0 saturated carbocycles. The van der Waals surface area contributed by atoms with Gasteiger partial charge in [0.05, 0.1) is 0 Å². The number of hydrogen-bond acceptors (Lipinski definition) is 4. The van der Waals surface area contributed by atoms with Gasteiger partial charge in [0, 0.05) is 25.3 Å². The normalized spacial score (nSPS) is 30.3. The van der Waals surface area contributed by atoms with Gasteiger partial charge in [0.2, 0.25) is 0 Å². The lowest BCUT2D eigenvalue weighted by Crippen LogP contribution is -2.40. The lowest BCUT2D eigenvalue weighted by Gasteiger charge is -2.24. The smallest absolute Gasteiger partial charge is 0.131 e. The van der Waals surface area contributed by atoms with E-state index >= 15 is 0 Å². The van der Waals surface area contributed by atoms with E-state index < -0.39 is 0 Å². The quantitative estimate of drug-likeness (QED) is 0.730. The van der Waals surface area contributed by atoms with Crippen LogP contribution in [0.15, 0.2) is 18.6 Å². The second-order valence-electron chi connectivity index (χ2n) is 4.44. The molecule has 0 aromatic carbocycles. The summed E-state index contributed by atoms with van der Waals surface area (Å²) in [6, 6.07) is 2.67. The first-order valence-electron chi connectivity index (χ1n) is 5.68. The SMILES string of the molecule is c1cc(N2CC3CCCNC3C2)ncn1. The number of piperidine rings is 1. The summed E-state index contributed by atoms with van der Waals surface area (Å²) in [6.45, 7) is 3.43. The Balaban J connectivity index is 1.75. The molecule has 2 aliphatic rings. The zero-order valence-electron chi connectivity index (χ0n) is 8.76. The maximum Gasteiger partial charge on any atom is 0.131 e. The number of anilines is 1. The van der Waals surface area contributed by atoms with Gasteiger partial charge < -0.3 is 10.2 Å². The van der Waals surface area contributed by atoms with Crippen molar-refractivity contribution in [2.45, 2.75) is 18.9 Å². The van der Waals surface area contributed by atoms with Gasteiger partial charge in [-0.05, 0) is 31.4 Å². The van der Waals surface area contributed by atoms with E-state index in [1.807, 2.05) is 12.3 Å². The van der Waals surface area contributed by atoms with Crippen molar-refractivity contribution in [2.75, 3.05) is 24.5 Å². The molecule has 2 unspecified atom stereocenters. The Morgan fingerprint density at radius 1 is 1.40 bits per heavy atom. The Hall–Kier alpha value is -1.16. The minimum absolute atomic E-state index is 0.675. The second kappa shape index (κ2) is 3.77. The highest BCUT2D eigenvalue weighted by Crippen LogP contribution is 2.27. The van der Waals surface area contributed by atoms with E-state index in [0.717, 1.165) is 24.8 Å². The van der Waals surface area contributed by atoms with E-state index in [-0.39, 0.29) is 0 Å². The molecule has 3 rings (SSSR count). The molecule has 15 heavy (non-hydrogen) atoms. The van der Waals surface area contributed by atoms with E-state index in [1.54, 1.807) is 6.33 Å². The average molecular weight is 204 g/mol. The third-order valence-electron chi connectivity index (χ3n) is 3.49. The van der Waals surface area contributed by atoms with Crippen LogP contribution in [-0.4, -0.2) is 35.6 Å². The molecule has 3 heterocycles. The predicted molar refractivity (Wildman–Crippen MR) is 58.8 cm³/mol. The largest absolute Gasteiger partial charge is 0.355 e. The average Bonchev–Trinajstić information content (AvgIpc) is 2.74. The first-order chi connectivity index (χ1) is 7.43. The molecule has 4 heteroatoms.